The SMILES string of the molecule is CC1=C(C)C[C@@H](CCC[C@H](C)c2ccc(C)cc2)CC1. The maximum absolute atomic E-state index is 2.38. The van der Waals surface area contributed by atoms with Crippen LogP contribution in [0.5, 0.6) is 0 Å². The summed E-state index contributed by atoms with van der Waals surface area (Å²) in [6.07, 6.45) is 8.24. The third kappa shape index (κ3) is 4.23. The maximum atomic E-state index is 2.38. The van der Waals surface area contributed by atoms with E-state index >= 15 is 0 Å². The predicted octanol–water partition coefficient (Wildman–Crippen LogP) is 6.41. The van der Waals surface area contributed by atoms with Crippen molar-refractivity contribution in [1.29, 1.82) is 0 Å². The highest BCUT2D eigenvalue weighted by molar-refractivity contribution is 5.24. The van der Waals surface area contributed by atoms with Gasteiger partial charge < -0.3 is 0 Å². The monoisotopic (exact) mass is 270 g/mol. The van der Waals surface area contributed by atoms with Gasteiger partial charge in [0.1, 0.15) is 0 Å². The van der Waals surface area contributed by atoms with Crippen molar-refractivity contribution in [2.75, 3.05) is 0 Å². The first-order valence-corrected chi connectivity index (χ1v) is 8.28. The van der Waals surface area contributed by atoms with Gasteiger partial charge in [0.05, 0.1) is 0 Å². The van der Waals surface area contributed by atoms with Gasteiger partial charge in [-0.1, -0.05) is 60.7 Å². The van der Waals surface area contributed by atoms with Crippen LogP contribution in [0.1, 0.15) is 76.3 Å². The first kappa shape index (κ1) is 15.4. The van der Waals surface area contributed by atoms with Gasteiger partial charge in [-0.15, -0.1) is 0 Å². The second-order valence-corrected chi connectivity index (χ2v) is 6.91. The zero-order chi connectivity index (χ0) is 14.5. The summed E-state index contributed by atoms with van der Waals surface area (Å²) in [5.74, 6) is 1.65. The molecular weight excluding hydrogens is 240 g/mol. The predicted molar refractivity (Wildman–Crippen MR) is 89.2 cm³/mol. The molecule has 0 nitrogen and oxygen atoms in total. The van der Waals surface area contributed by atoms with Gasteiger partial charge in [0.15, 0.2) is 0 Å². The Bertz CT molecular complexity index is 449. The van der Waals surface area contributed by atoms with Gasteiger partial charge in [0.2, 0.25) is 0 Å². The molecule has 0 saturated heterocycles. The lowest BCUT2D eigenvalue weighted by molar-refractivity contribution is 0.400. The van der Waals surface area contributed by atoms with Gasteiger partial charge in [-0.25, -0.2) is 0 Å². The fourth-order valence-corrected chi connectivity index (χ4v) is 3.36. The molecule has 0 aromatic heterocycles. The van der Waals surface area contributed by atoms with Crippen molar-refractivity contribution in [3.05, 3.63) is 46.5 Å². The Morgan fingerprint density at radius 1 is 1.05 bits per heavy atom. The zero-order valence-corrected chi connectivity index (χ0v) is 13.7. The molecule has 0 fully saturated rings. The summed E-state index contributed by atoms with van der Waals surface area (Å²) in [5.41, 5.74) is 6.18. The molecule has 0 unspecified atom stereocenters. The third-order valence-corrected chi connectivity index (χ3v) is 5.15. The molecule has 1 aromatic carbocycles. The van der Waals surface area contributed by atoms with Crippen LogP contribution in [0, 0.1) is 12.8 Å². The highest BCUT2D eigenvalue weighted by atomic mass is 14.2. The highest BCUT2D eigenvalue weighted by Crippen LogP contribution is 2.33. The largest absolute Gasteiger partial charge is 0.0744 e. The fraction of sp³-hybridized carbons (Fsp3) is 0.600. The van der Waals surface area contributed by atoms with E-state index in [9.17, 15) is 0 Å². The van der Waals surface area contributed by atoms with Crippen LogP contribution in [0.4, 0.5) is 0 Å². The molecule has 110 valence electrons. The molecule has 2 atom stereocenters. The Hall–Kier alpha value is -1.04. The Morgan fingerprint density at radius 3 is 2.40 bits per heavy atom. The van der Waals surface area contributed by atoms with Gasteiger partial charge in [0.25, 0.3) is 0 Å². The van der Waals surface area contributed by atoms with Crippen molar-refractivity contribution in [3.63, 3.8) is 0 Å². The van der Waals surface area contributed by atoms with Crippen molar-refractivity contribution < 1.29 is 0 Å². The van der Waals surface area contributed by atoms with Crippen LogP contribution >= 0.6 is 0 Å². The van der Waals surface area contributed by atoms with Gasteiger partial charge in [-0.05, 0) is 63.9 Å². The normalized spacial score (nSPS) is 21.1. The van der Waals surface area contributed by atoms with Crippen LogP contribution in [0.15, 0.2) is 35.4 Å². The lowest BCUT2D eigenvalue weighted by atomic mass is 9.81. The van der Waals surface area contributed by atoms with Crippen molar-refractivity contribution >= 4 is 0 Å². The fourth-order valence-electron chi connectivity index (χ4n) is 3.36. The van der Waals surface area contributed by atoms with Crippen LogP contribution in [-0.4, -0.2) is 0 Å². The van der Waals surface area contributed by atoms with E-state index in [1.165, 1.54) is 49.7 Å². The van der Waals surface area contributed by atoms with Crippen molar-refractivity contribution in [2.24, 2.45) is 5.92 Å². The Morgan fingerprint density at radius 2 is 1.75 bits per heavy atom. The van der Waals surface area contributed by atoms with E-state index in [4.69, 9.17) is 0 Å². The summed E-state index contributed by atoms with van der Waals surface area (Å²) >= 11 is 0. The molecule has 0 spiro atoms. The summed E-state index contributed by atoms with van der Waals surface area (Å²) in [4.78, 5) is 0. The van der Waals surface area contributed by atoms with Crippen LogP contribution < -0.4 is 0 Å². The minimum Gasteiger partial charge on any atom is -0.0744 e. The summed E-state index contributed by atoms with van der Waals surface area (Å²) < 4.78 is 0. The van der Waals surface area contributed by atoms with Gasteiger partial charge >= 0.3 is 0 Å². The minimum absolute atomic E-state index is 0.706. The average molecular weight is 270 g/mol. The van der Waals surface area contributed by atoms with Gasteiger partial charge in [-0.3, -0.25) is 0 Å². The van der Waals surface area contributed by atoms with Crippen molar-refractivity contribution in [1.82, 2.24) is 0 Å². The first-order valence-electron chi connectivity index (χ1n) is 8.28. The van der Waals surface area contributed by atoms with E-state index in [1.54, 1.807) is 11.1 Å². The number of allylic oxidation sites excluding steroid dienone is 2. The van der Waals surface area contributed by atoms with E-state index in [0.717, 1.165) is 5.92 Å². The van der Waals surface area contributed by atoms with Gasteiger partial charge in [-0.2, -0.15) is 0 Å². The second kappa shape index (κ2) is 7.11. The van der Waals surface area contributed by atoms with E-state index < -0.39 is 0 Å². The number of rotatable bonds is 5. The molecule has 0 heterocycles. The van der Waals surface area contributed by atoms with Crippen LogP contribution in [-0.2, 0) is 0 Å². The Labute approximate surface area is 125 Å². The molecule has 1 aromatic rings. The van der Waals surface area contributed by atoms with E-state index in [2.05, 4.69) is 52.0 Å². The summed E-state index contributed by atoms with van der Waals surface area (Å²) in [5, 5.41) is 0. The minimum atomic E-state index is 0.706. The molecule has 0 bridgehead atoms. The Balaban J connectivity index is 1.75. The maximum Gasteiger partial charge on any atom is -0.0190 e. The third-order valence-electron chi connectivity index (χ3n) is 5.15. The van der Waals surface area contributed by atoms with Crippen molar-refractivity contribution in [3.8, 4) is 0 Å². The summed E-state index contributed by atoms with van der Waals surface area (Å²) in [6.45, 7) is 9.18. The van der Waals surface area contributed by atoms with Crippen LogP contribution in [0.2, 0.25) is 0 Å². The molecule has 1 aliphatic carbocycles. The first-order chi connectivity index (χ1) is 9.56. The summed E-state index contributed by atoms with van der Waals surface area (Å²) in [7, 11) is 0. The summed E-state index contributed by atoms with van der Waals surface area (Å²) in [6, 6.07) is 9.08. The number of aryl methyl sites for hydroxylation is 1. The van der Waals surface area contributed by atoms with E-state index in [-0.39, 0.29) is 0 Å². The quantitative estimate of drug-likeness (QED) is 0.543. The molecule has 2 rings (SSSR count). The molecular formula is C20H30. The molecule has 0 saturated carbocycles. The van der Waals surface area contributed by atoms with E-state index in [0.29, 0.717) is 5.92 Å². The molecule has 0 heteroatoms. The number of hydrogen-bond donors (Lipinski definition) is 0. The molecule has 0 radical (unpaired) electrons. The van der Waals surface area contributed by atoms with Gasteiger partial charge in [0, 0.05) is 0 Å². The Kier molecular flexibility index (Phi) is 5.46. The smallest absolute Gasteiger partial charge is 0.0190 e. The van der Waals surface area contributed by atoms with E-state index in [1.807, 2.05) is 0 Å². The molecule has 0 aliphatic heterocycles. The average Bonchev–Trinajstić information content (AvgIpc) is 2.43. The van der Waals surface area contributed by atoms with Crippen LogP contribution in [0.3, 0.4) is 0 Å². The van der Waals surface area contributed by atoms with Crippen LogP contribution in [0.25, 0.3) is 0 Å². The number of hydrogen-bond acceptors (Lipinski definition) is 0. The molecule has 0 amide bonds. The lowest BCUT2D eigenvalue weighted by Gasteiger charge is -2.24. The molecule has 20 heavy (non-hydrogen) atoms. The zero-order valence-electron chi connectivity index (χ0n) is 13.7. The topological polar surface area (TPSA) is 0 Å². The lowest BCUT2D eigenvalue weighted by Crippen LogP contribution is -2.08. The molecule has 0 N–H and O–H groups in total. The highest BCUT2D eigenvalue weighted by Gasteiger charge is 2.16. The number of benzene rings is 1. The standard InChI is InChI=1S/C20H30/c1-15-8-12-20(13-9-15)17(3)6-5-7-19-11-10-16(2)18(4)14-19/h8-9,12-13,17,19H,5-7,10-11,14H2,1-4H3/t17-,19-/m0/s1. The van der Waals surface area contributed by atoms with Crippen molar-refractivity contribution in [2.45, 2.75) is 72.1 Å². The second-order valence-electron chi connectivity index (χ2n) is 6.91. The molecule has 1 aliphatic rings.